The van der Waals surface area contributed by atoms with Gasteiger partial charge in [0.2, 0.25) is 10.0 Å². The molecule has 0 saturated carbocycles. The molecule has 0 amide bonds. The Labute approximate surface area is 157 Å². The van der Waals surface area contributed by atoms with E-state index in [1.807, 2.05) is 19.9 Å². The van der Waals surface area contributed by atoms with Crippen LogP contribution in [-0.2, 0) is 19.6 Å². The van der Waals surface area contributed by atoms with Gasteiger partial charge in [0.15, 0.2) is 0 Å². The van der Waals surface area contributed by atoms with E-state index in [9.17, 15) is 13.2 Å². The van der Waals surface area contributed by atoms with E-state index in [0.717, 1.165) is 22.7 Å². The molecule has 0 bridgehead atoms. The number of esters is 1. The molecular formula is C20H27NO4S. The summed E-state index contributed by atoms with van der Waals surface area (Å²) in [5.41, 5.74) is 0.948. The van der Waals surface area contributed by atoms with Gasteiger partial charge in [-0.15, -0.1) is 12.3 Å². The van der Waals surface area contributed by atoms with Crippen LogP contribution >= 0.6 is 0 Å². The number of unbranched alkanes of at least 4 members (excludes halogenated alkanes) is 1. The van der Waals surface area contributed by atoms with Crippen molar-refractivity contribution < 1.29 is 17.9 Å². The second kappa shape index (κ2) is 10.8. The molecule has 0 aliphatic heterocycles. The second-order valence-electron chi connectivity index (χ2n) is 5.82. The van der Waals surface area contributed by atoms with Gasteiger partial charge in [-0.25, -0.2) is 8.42 Å². The molecule has 0 spiro atoms. The molecular weight excluding hydrogens is 350 g/mol. The zero-order valence-electron chi connectivity index (χ0n) is 15.6. The summed E-state index contributed by atoms with van der Waals surface area (Å²) in [6.07, 6.45) is 10.8. The molecule has 0 saturated heterocycles. The number of hydrogen-bond acceptors (Lipinski definition) is 4. The lowest BCUT2D eigenvalue weighted by atomic mass is 10.2. The smallest absolute Gasteiger partial charge is 0.325 e. The van der Waals surface area contributed by atoms with Crippen molar-refractivity contribution in [3.05, 3.63) is 42.0 Å². The highest BCUT2D eigenvalue weighted by molar-refractivity contribution is 7.89. The molecule has 0 aliphatic carbocycles. The minimum absolute atomic E-state index is 0.0501. The fraction of sp³-hybridized carbons (Fsp3) is 0.450. The number of benzene rings is 1. The third kappa shape index (κ3) is 6.01. The van der Waals surface area contributed by atoms with Crippen LogP contribution in [0.2, 0.25) is 0 Å². The van der Waals surface area contributed by atoms with Gasteiger partial charge in [-0.05, 0) is 32.4 Å². The number of carbonyl (C=O) groups excluding carboxylic acids is 1. The van der Waals surface area contributed by atoms with Crippen LogP contribution in [0, 0.1) is 19.3 Å². The van der Waals surface area contributed by atoms with Crippen molar-refractivity contribution >= 4 is 16.0 Å². The number of rotatable bonds is 10. The first kappa shape index (κ1) is 21.9. The van der Waals surface area contributed by atoms with Gasteiger partial charge in [-0.3, -0.25) is 4.79 Å². The number of terminal acetylenes is 1. The Hall–Kier alpha value is -2.10. The number of allylic oxidation sites excluding steroid dienone is 1. The summed E-state index contributed by atoms with van der Waals surface area (Å²) in [5.74, 6) is 1.76. The van der Waals surface area contributed by atoms with Crippen LogP contribution in [0.4, 0.5) is 0 Å². The molecule has 1 aromatic rings. The topological polar surface area (TPSA) is 63.7 Å². The molecule has 0 aliphatic rings. The van der Waals surface area contributed by atoms with Gasteiger partial charge in [0.05, 0.1) is 11.5 Å². The highest BCUT2D eigenvalue weighted by Gasteiger charge is 2.35. The van der Waals surface area contributed by atoms with E-state index in [0.29, 0.717) is 0 Å². The van der Waals surface area contributed by atoms with Gasteiger partial charge in [-0.1, -0.05) is 43.2 Å². The van der Waals surface area contributed by atoms with Crippen LogP contribution in [0.5, 0.6) is 0 Å². The zero-order valence-corrected chi connectivity index (χ0v) is 16.5. The van der Waals surface area contributed by atoms with E-state index in [1.165, 1.54) is 12.1 Å². The Kier molecular flexibility index (Phi) is 9.11. The van der Waals surface area contributed by atoms with Gasteiger partial charge < -0.3 is 4.74 Å². The molecule has 1 aromatic carbocycles. The molecule has 1 atom stereocenters. The Bertz CT molecular complexity index is 745. The standard InChI is InChI=1S/C20H27NO4S/c1-5-8-9-10-16-21(19(11-6-2)20(22)25-7-3)26(23,24)18-14-12-17(4)13-15-18/h2,9-10,12-15,19H,5,7-8,11,16H2,1,3-4H3. The van der Waals surface area contributed by atoms with Crippen LogP contribution in [-0.4, -0.2) is 37.9 Å². The van der Waals surface area contributed by atoms with Gasteiger partial charge in [-0.2, -0.15) is 4.31 Å². The molecule has 26 heavy (non-hydrogen) atoms. The van der Waals surface area contributed by atoms with Gasteiger partial charge in [0.1, 0.15) is 6.04 Å². The Morgan fingerprint density at radius 2 is 1.92 bits per heavy atom. The summed E-state index contributed by atoms with van der Waals surface area (Å²) >= 11 is 0. The molecule has 6 heteroatoms. The largest absolute Gasteiger partial charge is 0.465 e. The van der Waals surface area contributed by atoms with Crippen molar-refractivity contribution in [1.29, 1.82) is 0 Å². The lowest BCUT2D eigenvalue weighted by Crippen LogP contribution is -2.45. The highest BCUT2D eigenvalue weighted by atomic mass is 32.2. The number of hydrogen-bond donors (Lipinski definition) is 0. The number of sulfonamides is 1. The van der Waals surface area contributed by atoms with Crippen LogP contribution in [0.1, 0.15) is 38.7 Å². The second-order valence-corrected chi connectivity index (χ2v) is 7.71. The molecule has 0 aromatic heterocycles. The Morgan fingerprint density at radius 1 is 1.27 bits per heavy atom. The summed E-state index contributed by atoms with van der Waals surface area (Å²) in [6.45, 7) is 5.79. The summed E-state index contributed by atoms with van der Waals surface area (Å²) in [4.78, 5) is 12.5. The molecule has 0 heterocycles. The monoisotopic (exact) mass is 377 g/mol. The first-order valence-corrected chi connectivity index (χ1v) is 10.2. The molecule has 5 nitrogen and oxygen atoms in total. The molecule has 1 unspecified atom stereocenters. The van der Waals surface area contributed by atoms with Crippen LogP contribution in [0.15, 0.2) is 41.3 Å². The van der Waals surface area contributed by atoms with E-state index in [1.54, 1.807) is 25.1 Å². The highest BCUT2D eigenvalue weighted by Crippen LogP contribution is 2.21. The fourth-order valence-electron chi connectivity index (χ4n) is 2.35. The van der Waals surface area contributed by atoms with Crippen molar-refractivity contribution in [3.8, 4) is 12.3 Å². The third-order valence-electron chi connectivity index (χ3n) is 3.75. The number of aryl methyl sites for hydroxylation is 1. The Balaban J connectivity index is 3.30. The van der Waals surface area contributed by atoms with Crippen molar-refractivity contribution in [2.24, 2.45) is 0 Å². The first-order chi connectivity index (χ1) is 12.4. The lowest BCUT2D eigenvalue weighted by molar-refractivity contribution is -0.147. The number of ether oxygens (including phenoxy) is 1. The Morgan fingerprint density at radius 3 is 2.46 bits per heavy atom. The van der Waals surface area contributed by atoms with Gasteiger partial charge >= 0.3 is 5.97 Å². The maximum absolute atomic E-state index is 13.1. The summed E-state index contributed by atoms with van der Waals surface area (Å²) < 4.78 is 32.5. The normalized spacial score (nSPS) is 12.9. The van der Waals surface area contributed by atoms with Crippen molar-refractivity contribution in [3.63, 3.8) is 0 Å². The van der Waals surface area contributed by atoms with E-state index >= 15 is 0 Å². The van der Waals surface area contributed by atoms with Gasteiger partial charge in [0.25, 0.3) is 0 Å². The molecule has 142 valence electrons. The summed E-state index contributed by atoms with van der Waals surface area (Å²) in [6, 6.07) is 5.45. The minimum atomic E-state index is -3.90. The van der Waals surface area contributed by atoms with Gasteiger partial charge in [0, 0.05) is 13.0 Å². The van der Waals surface area contributed by atoms with Crippen LogP contribution in [0.3, 0.4) is 0 Å². The van der Waals surface area contributed by atoms with E-state index < -0.39 is 22.0 Å². The van der Waals surface area contributed by atoms with Crippen molar-refractivity contribution in [2.75, 3.05) is 13.2 Å². The third-order valence-corrected chi connectivity index (χ3v) is 5.64. The van der Waals surface area contributed by atoms with E-state index in [4.69, 9.17) is 11.2 Å². The minimum Gasteiger partial charge on any atom is -0.465 e. The zero-order chi connectivity index (χ0) is 19.6. The average Bonchev–Trinajstić information content (AvgIpc) is 2.61. The SMILES string of the molecule is C#CCC(C(=O)OCC)N(CC=CCCC)S(=O)(=O)c1ccc(C)cc1. The summed E-state index contributed by atoms with van der Waals surface area (Å²) in [7, 11) is -3.90. The maximum Gasteiger partial charge on any atom is 0.325 e. The maximum atomic E-state index is 13.1. The number of nitrogens with zero attached hydrogens (tertiary/aromatic N) is 1. The van der Waals surface area contributed by atoms with E-state index in [2.05, 4.69) is 5.92 Å². The molecule has 0 radical (unpaired) electrons. The lowest BCUT2D eigenvalue weighted by Gasteiger charge is -2.27. The first-order valence-electron chi connectivity index (χ1n) is 8.72. The van der Waals surface area contributed by atoms with E-state index in [-0.39, 0.29) is 24.5 Å². The number of carbonyl (C=O) groups is 1. The predicted octanol–water partition coefficient (Wildman–Crippen LogP) is 3.30. The quantitative estimate of drug-likeness (QED) is 0.357. The van der Waals surface area contributed by atoms with Crippen molar-refractivity contribution in [1.82, 2.24) is 4.31 Å². The van der Waals surface area contributed by atoms with Crippen LogP contribution in [0.25, 0.3) is 0 Å². The average molecular weight is 378 g/mol. The molecule has 1 rings (SSSR count). The molecule has 0 fully saturated rings. The van der Waals surface area contributed by atoms with Crippen molar-refractivity contribution in [2.45, 2.75) is 51.0 Å². The fourth-order valence-corrected chi connectivity index (χ4v) is 3.88. The molecule has 0 N–H and O–H groups in total. The van der Waals surface area contributed by atoms with Crippen LogP contribution < -0.4 is 0 Å². The predicted molar refractivity (Wildman–Crippen MR) is 103 cm³/mol. The summed E-state index contributed by atoms with van der Waals surface area (Å²) in [5, 5.41) is 0.